The lowest BCUT2D eigenvalue weighted by molar-refractivity contribution is -0.119. The van der Waals surface area contributed by atoms with Crippen molar-refractivity contribution in [1.82, 2.24) is 9.78 Å². The van der Waals surface area contributed by atoms with Gasteiger partial charge < -0.3 is 0 Å². The molecular formula is C19H28N4O. The predicted molar refractivity (Wildman–Crippen MR) is 95.4 cm³/mol. The molecule has 2 rings (SSSR count). The Balaban J connectivity index is 2.17. The minimum absolute atomic E-state index is 0.275. The Bertz CT molecular complexity index is 624. The highest BCUT2D eigenvalue weighted by Gasteiger charge is 2.24. The molecule has 1 aromatic heterocycles. The second kappa shape index (κ2) is 9.36. The molecule has 0 bridgehead atoms. The zero-order chi connectivity index (χ0) is 17.4. The molecule has 1 unspecified atom stereocenters. The molecule has 1 fully saturated rings. The summed E-state index contributed by atoms with van der Waals surface area (Å²) in [5.41, 5.74) is 1.42. The van der Waals surface area contributed by atoms with Gasteiger partial charge in [0, 0.05) is 25.1 Å². The fraction of sp³-hybridized carbons (Fsp3) is 0.684. The fourth-order valence-corrected chi connectivity index (χ4v) is 3.28. The summed E-state index contributed by atoms with van der Waals surface area (Å²) in [5, 5.41) is 13.6. The van der Waals surface area contributed by atoms with Gasteiger partial charge in [0.15, 0.2) is 5.82 Å². The SMILES string of the molecule is CCCCCn1ncc(C#N)c1N=C1CC(=O)CC(CCCC)C1. The number of hydrogen-bond acceptors (Lipinski definition) is 4. The number of aryl methyl sites for hydroxylation is 1. The molecule has 0 aromatic carbocycles. The average molecular weight is 328 g/mol. The molecule has 0 aliphatic heterocycles. The molecule has 0 N–H and O–H groups in total. The van der Waals surface area contributed by atoms with Crippen molar-refractivity contribution in [3.63, 3.8) is 0 Å². The number of Topliss-reactive ketones (excluding diaryl/α,β-unsaturated/α-hetero) is 1. The maximum absolute atomic E-state index is 12.1. The first-order valence-electron chi connectivity index (χ1n) is 9.21. The lowest BCUT2D eigenvalue weighted by Crippen LogP contribution is -2.23. The van der Waals surface area contributed by atoms with Gasteiger partial charge in [-0.05, 0) is 25.2 Å². The maximum Gasteiger partial charge on any atom is 0.168 e. The summed E-state index contributed by atoms with van der Waals surface area (Å²) in [4.78, 5) is 16.8. The number of carbonyl (C=O) groups excluding carboxylic acids is 1. The van der Waals surface area contributed by atoms with Crippen molar-refractivity contribution in [3.8, 4) is 6.07 Å². The number of carbonyl (C=O) groups is 1. The van der Waals surface area contributed by atoms with E-state index in [1.165, 1.54) is 0 Å². The standard InChI is InChI=1S/C19H28N4O/c1-3-5-7-9-23-19(16(13-20)14-21-23)22-17-10-15(8-6-4-2)11-18(24)12-17/h14-15H,3-12H2,1-2H3. The smallest absolute Gasteiger partial charge is 0.168 e. The zero-order valence-corrected chi connectivity index (χ0v) is 14.9. The predicted octanol–water partition coefficient (Wildman–Crippen LogP) is 4.58. The van der Waals surface area contributed by atoms with Gasteiger partial charge in [-0.25, -0.2) is 9.67 Å². The van der Waals surface area contributed by atoms with Crippen LogP contribution in [0, 0.1) is 17.2 Å². The van der Waals surface area contributed by atoms with Crippen molar-refractivity contribution in [2.75, 3.05) is 0 Å². The van der Waals surface area contributed by atoms with Gasteiger partial charge >= 0.3 is 0 Å². The van der Waals surface area contributed by atoms with Crippen LogP contribution in [-0.4, -0.2) is 21.3 Å². The Hall–Kier alpha value is -1.96. The summed E-state index contributed by atoms with van der Waals surface area (Å²) in [6, 6.07) is 2.18. The average Bonchev–Trinajstić information content (AvgIpc) is 2.94. The monoisotopic (exact) mass is 328 g/mol. The van der Waals surface area contributed by atoms with Crippen molar-refractivity contribution in [3.05, 3.63) is 11.8 Å². The van der Waals surface area contributed by atoms with Crippen LogP contribution in [0.25, 0.3) is 0 Å². The third-order valence-electron chi connectivity index (χ3n) is 4.58. The van der Waals surface area contributed by atoms with Gasteiger partial charge in [-0.15, -0.1) is 0 Å². The number of aromatic nitrogens is 2. The van der Waals surface area contributed by atoms with Crippen LogP contribution in [-0.2, 0) is 11.3 Å². The molecule has 0 saturated heterocycles. The molecule has 1 heterocycles. The Labute approximate surface area is 144 Å². The third-order valence-corrected chi connectivity index (χ3v) is 4.58. The first kappa shape index (κ1) is 18.4. The Kier molecular flexibility index (Phi) is 7.17. The van der Waals surface area contributed by atoms with Crippen LogP contribution >= 0.6 is 0 Å². The minimum atomic E-state index is 0.275. The van der Waals surface area contributed by atoms with E-state index in [0.717, 1.165) is 57.2 Å². The summed E-state index contributed by atoms with van der Waals surface area (Å²) in [6.07, 6.45) is 10.3. The molecule has 0 amide bonds. The molecule has 130 valence electrons. The Morgan fingerprint density at radius 3 is 2.79 bits per heavy atom. The van der Waals surface area contributed by atoms with Gasteiger partial charge in [0.1, 0.15) is 17.4 Å². The molecular weight excluding hydrogens is 300 g/mol. The summed E-state index contributed by atoms with van der Waals surface area (Å²) in [7, 11) is 0. The molecule has 5 heteroatoms. The number of unbranched alkanes of at least 4 members (excludes halogenated alkanes) is 3. The van der Waals surface area contributed by atoms with E-state index < -0.39 is 0 Å². The van der Waals surface area contributed by atoms with Crippen molar-refractivity contribution in [2.24, 2.45) is 10.9 Å². The van der Waals surface area contributed by atoms with E-state index >= 15 is 0 Å². The second-order valence-electron chi connectivity index (χ2n) is 6.73. The van der Waals surface area contributed by atoms with Crippen molar-refractivity contribution < 1.29 is 4.79 Å². The van der Waals surface area contributed by atoms with E-state index in [1.807, 2.05) is 4.68 Å². The summed E-state index contributed by atoms with van der Waals surface area (Å²) < 4.78 is 1.82. The van der Waals surface area contributed by atoms with Gasteiger partial charge in [0.25, 0.3) is 0 Å². The number of nitriles is 1. The Morgan fingerprint density at radius 1 is 1.29 bits per heavy atom. The largest absolute Gasteiger partial charge is 0.299 e. The highest BCUT2D eigenvalue weighted by atomic mass is 16.1. The van der Waals surface area contributed by atoms with Crippen LogP contribution < -0.4 is 0 Å². The molecule has 5 nitrogen and oxygen atoms in total. The zero-order valence-electron chi connectivity index (χ0n) is 14.9. The molecule has 1 aliphatic rings. The van der Waals surface area contributed by atoms with Gasteiger partial charge in [-0.1, -0.05) is 39.5 Å². The van der Waals surface area contributed by atoms with Crippen molar-refractivity contribution in [2.45, 2.75) is 78.2 Å². The molecule has 24 heavy (non-hydrogen) atoms. The van der Waals surface area contributed by atoms with E-state index in [2.05, 4.69) is 25.0 Å². The van der Waals surface area contributed by atoms with Crippen LogP contribution in [0.4, 0.5) is 5.82 Å². The molecule has 0 spiro atoms. The highest BCUT2D eigenvalue weighted by Crippen LogP contribution is 2.28. The van der Waals surface area contributed by atoms with Crippen LogP contribution in [0.15, 0.2) is 11.2 Å². The van der Waals surface area contributed by atoms with Crippen LogP contribution in [0.5, 0.6) is 0 Å². The first-order valence-corrected chi connectivity index (χ1v) is 9.21. The number of rotatable bonds is 8. The van der Waals surface area contributed by atoms with Crippen LogP contribution in [0.3, 0.4) is 0 Å². The van der Waals surface area contributed by atoms with Gasteiger partial charge in [0.05, 0.1) is 6.20 Å². The quantitative estimate of drug-likeness (QED) is 0.656. The van der Waals surface area contributed by atoms with Crippen LogP contribution in [0.1, 0.15) is 77.2 Å². The first-order chi connectivity index (χ1) is 11.7. The lowest BCUT2D eigenvalue weighted by atomic mass is 9.83. The molecule has 1 atom stereocenters. The van der Waals surface area contributed by atoms with E-state index in [1.54, 1.807) is 6.20 Å². The minimum Gasteiger partial charge on any atom is -0.299 e. The summed E-state index contributed by atoms with van der Waals surface area (Å²) >= 11 is 0. The number of ketones is 1. The van der Waals surface area contributed by atoms with E-state index in [-0.39, 0.29) is 5.78 Å². The van der Waals surface area contributed by atoms with Gasteiger partial charge in [-0.2, -0.15) is 10.4 Å². The van der Waals surface area contributed by atoms with E-state index in [0.29, 0.717) is 30.1 Å². The molecule has 0 radical (unpaired) electrons. The van der Waals surface area contributed by atoms with Crippen molar-refractivity contribution >= 4 is 17.3 Å². The third kappa shape index (κ3) is 5.02. The lowest BCUT2D eigenvalue weighted by Gasteiger charge is -2.22. The summed E-state index contributed by atoms with van der Waals surface area (Å²) in [6.45, 7) is 5.11. The number of nitrogens with zero attached hydrogens (tertiary/aromatic N) is 4. The van der Waals surface area contributed by atoms with Gasteiger partial charge in [-0.3, -0.25) is 4.79 Å². The topological polar surface area (TPSA) is 71.0 Å². The maximum atomic E-state index is 12.1. The summed E-state index contributed by atoms with van der Waals surface area (Å²) in [5.74, 6) is 1.32. The number of hydrogen-bond donors (Lipinski definition) is 0. The molecule has 1 saturated carbocycles. The Morgan fingerprint density at radius 2 is 2.08 bits per heavy atom. The van der Waals surface area contributed by atoms with E-state index in [9.17, 15) is 10.1 Å². The fourth-order valence-electron chi connectivity index (χ4n) is 3.28. The van der Waals surface area contributed by atoms with Crippen molar-refractivity contribution in [1.29, 1.82) is 5.26 Å². The van der Waals surface area contributed by atoms with Crippen LogP contribution in [0.2, 0.25) is 0 Å². The molecule has 1 aliphatic carbocycles. The second-order valence-corrected chi connectivity index (χ2v) is 6.73. The van der Waals surface area contributed by atoms with Gasteiger partial charge in [0.2, 0.25) is 0 Å². The molecule has 1 aromatic rings. The normalized spacial score (nSPS) is 19.6. The number of aliphatic imine (C=N–C) groups is 1. The van der Waals surface area contributed by atoms with E-state index in [4.69, 9.17) is 4.99 Å². The highest BCUT2D eigenvalue weighted by molar-refractivity contribution is 6.05.